The number of nitrogens with two attached hydrogens (primary N) is 1. The number of carbonyl (C=O) groups excluding carboxylic acids is 1. The minimum atomic E-state index is -0.340. The topological polar surface area (TPSA) is 93.9 Å². The predicted molar refractivity (Wildman–Crippen MR) is 89.0 cm³/mol. The van der Waals surface area contributed by atoms with Crippen molar-refractivity contribution >= 4 is 5.91 Å². The van der Waals surface area contributed by atoms with Crippen LogP contribution >= 0.6 is 0 Å². The zero-order valence-electron chi connectivity index (χ0n) is 13.1. The van der Waals surface area contributed by atoms with Gasteiger partial charge in [0.25, 0.3) is 0 Å². The molecule has 5 nitrogen and oxygen atoms in total. The van der Waals surface area contributed by atoms with Crippen molar-refractivity contribution in [2.45, 2.75) is 25.9 Å². The molecule has 0 atom stereocenters. The Labute approximate surface area is 140 Å². The Balaban J connectivity index is 2.12. The standard InChI is InChI=1S/C19H16N4O/c20-9-14-3-1-2-4-16(14)17-8-13(5-6-19(22)24)7-15-10-23(12-21)11-18(15)17/h1-4,7-8H,5-6,10-11H2,(H2,22,24). The van der Waals surface area contributed by atoms with Crippen LogP contribution in [0.1, 0.15) is 28.7 Å². The molecule has 118 valence electrons. The number of nitriles is 2. The SMILES string of the molecule is N#Cc1ccccc1-c1cc(CCC(N)=O)cc2c1CN(C#N)C2. The molecule has 0 saturated heterocycles. The van der Waals surface area contributed by atoms with Gasteiger partial charge in [-0.3, -0.25) is 4.79 Å². The third kappa shape index (κ3) is 2.93. The van der Waals surface area contributed by atoms with Crippen molar-refractivity contribution in [2.75, 3.05) is 0 Å². The molecule has 0 saturated carbocycles. The summed E-state index contributed by atoms with van der Waals surface area (Å²) in [4.78, 5) is 12.8. The zero-order chi connectivity index (χ0) is 17.1. The number of nitrogens with zero attached hydrogens (tertiary/aromatic N) is 3. The maximum absolute atomic E-state index is 11.1. The fraction of sp³-hybridized carbons (Fsp3) is 0.211. The van der Waals surface area contributed by atoms with Gasteiger partial charge in [-0.25, -0.2) is 0 Å². The molecular weight excluding hydrogens is 300 g/mol. The molecule has 1 amide bonds. The number of rotatable bonds is 4. The number of hydrogen-bond acceptors (Lipinski definition) is 4. The molecule has 0 aliphatic carbocycles. The van der Waals surface area contributed by atoms with Crippen LogP contribution in [0.4, 0.5) is 0 Å². The first-order valence-corrected chi connectivity index (χ1v) is 7.69. The molecule has 0 aromatic heterocycles. The minimum absolute atomic E-state index is 0.278. The van der Waals surface area contributed by atoms with Gasteiger partial charge in [-0.05, 0) is 40.3 Å². The fourth-order valence-corrected chi connectivity index (χ4v) is 3.12. The fourth-order valence-electron chi connectivity index (χ4n) is 3.12. The van der Waals surface area contributed by atoms with Gasteiger partial charge in [0.05, 0.1) is 24.7 Å². The van der Waals surface area contributed by atoms with E-state index in [-0.39, 0.29) is 12.3 Å². The van der Waals surface area contributed by atoms with Gasteiger partial charge in [0.2, 0.25) is 5.91 Å². The van der Waals surface area contributed by atoms with E-state index >= 15 is 0 Å². The Kier molecular flexibility index (Phi) is 4.18. The number of amides is 1. The van der Waals surface area contributed by atoms with Crippen molar-refractivity contribution in [3.8, 4) is 23.4 Å². The van der Waals surface area contributed by atoms with Crippen LogP contribution in [0.2, 0.25) is 0 Å². The number of carbonyl (C=O) groups is 1. The van der Waals surface area contributed by atoms with Gasteiger partial charge in [0.1, 0.15) is 0 Å². The van der Waals surface area contributed by atoms with E-state index in [4.69, 9.17) is 5.73 Å². The van der Waals surface area contributed by atoms with Crippen molar-refractivity contribution in [1.29, 1.82) is 10.5 Å². The van der Waals surface area contributed by atoms with E-state index in [1.165, 1.54) is 0 Å². The van der Waals surface area contributed by atoms with E-state index in [2.05, 4.69) is 12.3 Å². The van der Waals surface area contributed by atoms with Crippen LogP contribution in [0.25, 0.3) is 11.1 Å². The number of benzene rings is 2. The molecule has 3 rings (SSSR count). The van der Waals surface area contributed by atoms with E-state index in [1.807, 2.05) is 30.3 Å². The first-order valence-electron chi connectivity index (χ1n) is 7.69. The third-order valence-electron chi connectivity index (χ3n) is 4.25. The van der Waals surface area contributed by atoms with Crippen LogP contribution in [-0.2, 0) is 24.3 Å². The first kappa shape index (κ1) is 15.6. The van der Waals surface area contributed by atoms with Gasteiger partial charge in [-0.15, -0.1) is 0 Å². The maximum Gasteiger partial charge on any atom is 0.217 e. The summed E-state index contributed by atoms with van der Waals surface area (Å²) in [5, 5.41) is 18.6. The van der Waals surface area contributed by atoms with Crippen molar-refractivity contribution < 1.29 is 4.79 Å². The van der Waals surface area contributed by atoms with Gasteiger partial charge in [0, 0.05) is 6.42 Å². The molecule has 1 heterocycles. The highest BCUT2D eigenvalue weighted by atomic mass is 16.1. The van der Waals surface area contributed by atoms with Crippen molar-refractivity contribution in [1.82, 2.24) is 4.90 Å². The average molecular weight is 316 g/mol. The molecule has 0 fully saturated rings. The van der Waals surface area contributed by atoms with Crippen LogP contribution in [0.15, 0.2) is 36.4 Å². The smallest absolute Gasteiger partial charge is 0.217 e. The Bertz CT molecular complexity index is 889. The summed E-state index contributed by atoms with van der Waals surface area (Å²) < 4.78 is 0. The Morgan fingerprint density at radius 2 is 1.96 bits per heavy atom. The average Bonchev–Trinajstić information content (AvgIpc) is 3.02. The van der Waals surface area contributed by atoms with E-state index in [9.17, 15) is 15.3 Å². The summed E-state index contributed by atoms with van der Waals surface area (Å²) in [5.74, 6) is -0.340. The normalized spacial score (nSPS) is 12.3. The molecule has 0 spiro atoms. The van der Waals surface area contributed by atoms with Gasteiger partial charge >= 0.3 is 0 Å². The van der Waals surface area contributed by atoms with Crippen molar-refractivity contribution in [2.24, 2.45) is 5.73 Å². The van der Waals surface area contributed by atoms with E-state index < -0.39 is 0 Å². The summed E-state index contributed by atoms with van der Waals surface area (Å²) in [6, 6.07) is 13.7. The van der Waals surface area contributed by atoms with Gasteiger partial charge < -0.3 is 10.6 Å². The lowest BCUT2D eigenvalue weighted by Gasteiger charge is -2.12. The molecule has 2 N–H and O–H groups in total. The predicted octanol–water partition coefficient (Wildman–Crippen LogP) is 2.44. The number of primary amides is 1. The Hall–Kier alpha value is -3.31. The summed E-state index contributed by atoms with van der Waals surface area (Å²) >= 11 is 0. The highest BCUT2D eigenvalue weighted by Crippen LogP contribution is 2.35. The zero-order valence-corrected chi connectivity index (χ0v) is 13.1. The highest BCUT2D eigenvalue weighted by molar-refractivity contribution is 5.76. The van der Waals surface area contributed by atoms with Crippen molar-refractivity contribution in [3.63, 3.8) is 0 Å². The molecular formula is C19H16N4O. The van der Waals surface area contributed by atoms with E-state index in [0.717, 1.165) is 27.8 Å². The lowest BCUT2D eigenvalue weighted by molar-refractivity contribution is -0.117. The highest BCUT2D eigenvalue weighted by Gasteiger charge is 2.23. The first-order chi connectivity index (χ1) is 11.6. The molecule has 2 aromatic rings. The van der Waals surface area contributed by atoms with Crippen LogP contribution in [0, 0.1) is 22.8 Å². The van der Waals surface area contributed by atoms with Gasteiger partial charge in [-0.1, -0.05) is 30.3 Å². The molecule has 0 radical (unpaired) electrons. The summed E-state index contributed by atoms with van der Waals surface area (Å²) in [6.07, 6.45) is 3.01. The van der Waals surface area contributed by atoms with Crippen LogP contribution < -0.4 is 5.73 Å². The second-order valence-electron chi connectivity index (χ2n) is 5.86. The molecule has 2 aromatic carbocycles. The van der Waals surface area contributed by atoms with Gasteiger partial charge in [0.15, 0.2) is 6.19 Å². The summed E-state index contributed by atoms with van der Waals surface area (Å²) in [6.45, 7) is 1.09. The van der Waals surface area contributed by atoms with Gasteiger partial charge in [-0.2, -0.15) is 10.5 Å². The minimum Gasteiger partial charge on any atom is -0.370 e. The lowest BCUT2D eigenvalue weighted by atomic mass is 9.91. The maximum atomic E-state index is 11.1. The Morgan fingerprint density at radius 1 is 1.17 bits per heavy atom. The lowest BCUT2D eigenvalue weighted by Crippen LogP contribution is -2.11. The number of fused-ring (bicyclic) bond motifs is 1. The second kappa shape index (κ2) is 6.44. The number of aryl methyl sites for hydroxylation is 1. The second-order valence-corrected chi connectivity index (χ2v) is 5.86. The van der Waals surface area contributed by atoms with Crippen LogP contribution in [-0.4, -0.2) is 10.8 Å². The van der Waals surface area contributed by atoms with E-state index in [1.54, 1.807) is 11.0 Å². The molecule has 1 aliphatic heterocycles. The summed E-state index contributed by atoms with van der Waals surface area (Å²) in [7, 11) is 0. The Morgan fingerprint density at radius 3 is 2.67 bits per heavy atom. The van der Waals surface area contributed by atoms with Crippen LogP contribution in [0.5, 0.6) is 0 Å². The molecule has 0 unspecified atom stereocenters. The molecule has 24 heavy (non-hydrogen) atoms. The quantitative estimate of drug-likeness (QED) is 0.877. The third-order valence-corrected chi connectivity index (χ3v) is 4.25. The molecule has 5 heteroatoms. The number of hydrogen-bond donors (Lipinski definition) is 1. The van der Waals surface area contributed by atoms with E-state index in [0.29, 0.717) is 25.1 Å². The van der Waals surface area contributed by atoms with Crippen LogP contribution in [0.3, 0.4) is 0 Å². The largest absolute Gasteiger partial charge is 0.370 e. The monoisotopic (exact) mass is 316 g/mol. The molecule has 1 aliphatic rings. The summed E-state index contributed by atoms with van der Waals surface area (Å²) in [5.41, 5.74) is 10.8. The molecule has 0 bridgehead atoms. The van der Waals surface area contributed by atoms with Crippen molar-refractivity contribution in [3.05, 3.63) is 58.7 Å².